The second kappa shape index (κ2) is 5.16. The largest absolute Gasteiger partial charge is 0.390 e. The van der Waals surface area contributed by atoms with Crippen molar-refractivity contribution in [1.82, 2.24) is 0 Å². The molecule has 2 fully saturated rings. The predicted octanol–water partition coefficient (Wildman–Crippen LogP) is 3.31. The van der Waals surface area contributed by atoms with Crippen LogP contribution in [0.2, 0.25) is 0 Å². The molecule has 20 heavy (non-hydrogen) atoms. The van der Waals surface area contributed by atoms with E-state index in [0.717, 1.165) is 38.5 Å². The first-order valence-electron chi connectivity index (χ1n) is 7.96. The lowest BCUT2D eigenvalue weighted by Crippen LogP contribution is -2.52. The van der Waals surface area contributed by atoms with Crippen molar-refractivity contribution in [2.24, 2.45) is 11.8 Å². The van der Waals surface area contributed by atoms with E-state index in [9.17, 15) is 10.2 Å². The third-order valence-electron chi connectivity index (χ3n) is 5.45. The fourth-order valence-electron chi connectivity index (χ4n) is 4.38. The summed E-state index contributed by atoms with van der Waals surface area (Å²) < 4.78 is 0. The average Bonchev–Trinajstić information content (AvgIpc) is 2.39. The molecule has 1 aromatic carbocycles. The van der Waals surface area contributed by atoms with Crippen LogP contribution in [-0.4, -0.2) is 21.4 Å². The van der Waals surface area contributed by atoms with E-state index in [-0.39, 0.29) is 0 Å². The fraction of sp³-hybridized carbons (Fsp3) is 0.667. The van der Waals surface area contributed by atoms with Crippen LogP contribution in [-0.2, 0) is 6.42 Å². The van der Waals surface area contributed by atoms with Crippen LogP contribution >= 0.6 is 0 Å². The van der Waals surface area contributed by atoms with Gasteiger partial charge in [-0.15, -0.1) is 0 Å². The molecule has 0 radical (unpaired) electrons. The molecule has 2 aliphatic rings. The number of benzene rings is 1. The highest BCUT2D eigenvalue weighted by Crippen LogP contribution is 2.49. The van der Waals surface area contributed by atoms with Gasteiger partial charge in [-0.3, -0.25) is 0 Å². The van der Waals surface area contributed by atoms with E-state index >= 15 is 0 Å². The maximum absolute atomic E-state index is 10.9. The lowest BCUT2D eigenvalue weighted by atomic mass is 9.60. The molecule has 2 aliphatic carbocycles. The smallest absolute Gasteiger partial charge is 0.0703 e. The molecule has 2 saturated carbocycles. The molecule has 0 saturated heterocycles. The number of hydrogen-bond acceptors (Lipinski definition) is 2. The van der Waals surface area contributed by atoms with Gasteiger partial charge in [-0.2, -0.15) is 0 Å². The second-order valence-corrected chi connectivity index (χ2v) is 7.34. The molecule has 0 amide bonds. The van der Waals surface area contributed by atoms with Gasteiger partial charge in [0.15, 0.2) is 0 Å². The summed E-state index contributed by atoms with van der Waals surface area (Å²) in [6, 6.07) is 10.7. The minimum Gasteiger partial charge on any atom is -0.390 e. The van der Waals surface area contributed by atoms with E-state index in [0.29, 0.717) is 18.3 Å². The highest BCUT2D eigenvalue weighted by Gasteiger charge is 2.49. The summed E-state index contributed by atoms with van der Waals surface area (Å²) in [6.45, 7) is 1.87. The zero-order chi connectivity index (χ0) is 14.2. The molecule has 4 atom stereocenters. The van der Waals surface area contributed by atoms with Crippen molar-refractivity contribution in [3.63, 3.8) is 0 Å². The van der Waals surface area contributed by atoms with Crippen LogP contribution in [0.25, 0.3) is 0 Å². The van der Waals surface area contributed by atoms with Crippen molar-refractivity contribution < 1.29 is 10.2 Å². The molecule has 2 heteroatoms. The van der Waals surface area contributed by atoms with Crippen molar-refractivity contribution >= 4 is 0 Å². The summed E-state index contributed by atoms with van der Waals surface area (Å²) in [5.41, 5.74) is 0.123. The first-order chi connectivity index (χ1) is 9.47. The quantitative estimate of drug-likeness (QED) is 0.868. The van der Waals surface area contributed by atoms with E-state index < -0.39 is 11.2 Å². The van der Waals surface area contributed by atoms with Crippen molar-refractivity contribution in [2.75, 3.05) is 0 Å². The third-order valence-corrected chi connectivity index (χ3v) is 5.45. The Hall–Kier alpha value is -0.860. The summed E-state index contributed by atoms with van der Waals surface area (Å²) in [5, 5.41) is 21.1. The third kappa shape index (κ3) is 2.91. The molecule has 1 aromatic rings. The van der Waals surface area contributed by atoms with Gasteiger partial charge in [0.25, 0.3) is 0 Å². The molecule has 0 heterocycles. The Morgan fingerprint density at radius 1 is 1.10 bits per heavy atom. The monoisotopic (exact) mass is 274 g/mol. The van der Waals surface area contributed by atoms with Gasteiger partial charge in [0.2, 0.25) is 0 Å². The molecule has 0 bridgehead atoms. The van der Waals surface area contributed by atoms with E-state index in [4.69, 9.17) is 0 Å². The van der Waals surface area contributed by atoms with Crippen LogP contribution < -0.4 is 0 Å². The molecule has 1 unspecified atom stereocenters. The van der Waals surface area contributed by atoms with E-state index in [1.807, 2.05) is 6.92 Å². The van der Waals surface area contributed by atoms with Crippen LogP contribution in [0, 0.1) is 11.8 Å². The summed E-state index contributed by atoms with van der Waals surface area (Å²) in [6.07, 6.45) is 6.53. The minimum absolute atomic E-state index is 0.380. The van der Waals surface area contributed by atoms with Crippen LogP contribution in [0.4, 0.5) is 0 Å². The first kappa shape index (κ1) is 14.1. The van der Waals surface area contributed by atoms with Gasteiger partial charge in [0, 0.05) is 6.42 Å². The van der Waals surface area contributed by atoms with Crippen molar-refractivity contribution in [3.8, 4) is 0 Å². The molecule has 110 valence electrons. The first-order valence-corrected chi connectivity index (χ1v) is 7.96. The van der Waals surface area contributed by atoms with Gasteiger partial charge >= 0.3 is 0 Å². The number of fused-ring (bicyclic) bond motifs is 1. The van der Waals surface area contributed by atoms with Crippen molar-refractivity contribution in [2.45, 2.75) is 63.1 Å². The molecular formula is C18H26O2. The van der Waals surface area contributed by atoms with Gasteiger partial charge in [0.1, 0.15) is 0 Å². The molecular weight excluding hydrogens is 248 g/mol. The van der Waals surface area contributed by atoms with Gasteiger partial charge in [-0.25, -0.2) is 0 Å². The van der Waals surface area contributed by atoms with Crippen LogP contribution in [0.15, 0.2) is 30.3 Å². The molecule has 2 N–H and O–H groups in total. The summed E-state index contributed by atoms with van der Waals surface area (Å²) >= 11 is 0. The van der Waals surface area contributed by atoms with E-state index in [1.165, 1.54) is 5.56 Å². The Labute approximate surface area is 121 Å². The minimum atomic E-state index is -0.669. The van der Waals surface area contributed by atoms with Gasteiger partial charge in [-0.1, -0.05) is 30.3 Å². The standard InChI is InChI=1S/C18H26O2/c1-17(19)9-8-16-12-15(7-10-18(16,20)13-17)11-14-5-3-2-4-6-14/h2-6,15-16,19-20H,7-13H2,1H3/t15?,16-,17+,18+/m0/s1. The Kier molecular flexibility index (Phi) is 3.64. The molecule has 3 rings (SSSR count). The Balaban J connectivity index is 1.65. The SMILES string of the molecule is C[C@@]1(O)CC[C@H]2CC(Cc3ccccc3)CC[C@@]2(O)C1. The Morgan fingerprint density at radius 3 is 2.60 bits per heavy atom. The Morgan fingerprint density at radius 2 is 1.85 bits per heavy atom. The second-order valence-electron chi connectivity index (χ2n) is 7.34. The molecule has 0 spiro atoms. The summed E-state index contributed by atoms with van der Waals surface area (Å²) in [5.74, 6) is 1.07. The summed E-state index contributed by atoms with van der Waals surface area (Å²) in [7, 11) is 0. The average molecular weight is 274 g/mol. The summed E-state index contributed by atoms with van der Waals surface area (Å²) in [4.78, 5) is 0. The van der Waals surface area contributed by atoms with Gasteiger partial charge in [0.05, 0.1) is 11.2 Å². The van der Waals surface area contributed by atoms with E-state index in [2.05, 4.69) is 30.3 Å². The lowest BCUT2D eigenvalue weighted by molar-refractivity contribution is -0.149. The number of hydrogen-bond donors (Lipinski definition) is 2. The van der Waals surface area contributed by atoms with Crippen LogP contribution in [0.5, 0.6) is 0 Å². The van der Waals surface area contributed by atoms with Gasteiger partial charge in [-0.05, 0) is 62.8 Å². The highest BCUT2D eigenvalue weighted by molar-refractivity contribution is 5.16. The van der Waals surface area contributed by atoms with Crippen LogP contribution in [0.1, 0.15) is 51.0 Å². The lowest BCUT2D eigenvalue weighted by Gasteiger charge is -2.50. The van der Waals surface area contributed by atoms with Gasteiger partial charge < -0.3 is 10.2 Å². The zero-order valence-corrected chi connectivity index (χ0v) is 12.4. The Bertz CT molecular complexity index is 454. The van der Waals surface area contributed by atoms with Crippen molar-refractivity contribution in [3.05, 3.63) is 35.9 Å². The molecule has 0 aromatic heterocycles. The number of aliphatic hydroxyl groups is 2. The maximum atomic E-state index is 10.9. The van der Waals surface area contributed by atoms with Crippen molar-refractivity contribution in [1.29, 1.82) is 0 Å². The molecule has 2 nitrogen and oxygen atoms in total. The maximum Gasteiger partial charge on any atom is 0.0703 e. The zero-order valence-electron chi connectivity index (χ0n) is 12.4. The topological polar surface area (TPSA) is 40.5 Å². The van der Waals surface area contributed by atoms with E-state index in [1.54, 1.807) is 0 Å². The van der Waals surface area contributed by atoms with Crippen LogP contribution in [0.3, 0.4) is 0 Å². The molecule has 0 aliphatic heterocycles. The fourth-order valence-corrected chi connectivity index (χ4v) is 4.38. The normalized spacial score (nSPS) is 41.1. The highest BCUT2D eigenvalue weighted by atomic mass is 16.3. The predicted molar refractivity (Wildman–Crippen MR) is 80.4 cm³/mol. The number of rotatable bonds is 2.